The van der Waals surface area contributed by atoms with E-state index >= 15 is 0 Å². The molecule has 18 heavy (non-hydrogen) atoms. The van der Waals surface area contributed by atoms with Gasteiger partial charge in [0.05, 0.1) is 6.61 Å². The maximum absolute atomic E-state index is 11.9. The molecule has 0 amide bonds. The minimum atomic E-state index is -0.794. The first-order valence-electron chi connectivity index (χ1n) is 5.83. The Balaban J connectivity index is 2.34. The summed E-state index contributed by atoms with van der Waals surface area (Å²) < 4.78 is 16.0. The molecule has 0 N–H and O–H groups in total. The third-order valence-electron chi connectivity index (χ3n) is 2.88. The number of hydrogen-bond donors (Lipinski definition) is 0. The van der Waals surface area contributed by atoms with E-state index in [9.17, 15) is 4.79 Å². The van der Waals surface area contributed by atoms with Gasteiger partial charge in [0.1, 0.15) is 11.9 Å². The quantitative estimate of drug-likeness (QED) is 0.768. The SMILES string of the molecule is C=C1c2ccccc2O[C@H](C(=O)OCC)[C@H]1OC. The third-order valence-corrected chi connectivity index (χ3v) is 2.88. The van der Waals surface area contributed by atoms with Gasteiger partial charge in [-0.15, -0.1) is 0 Å². The highest BCUT2D eigenvalue weighted by molar-refractivity contribution is 5.84. The highest BCUT2D eigenvalue weighted by atomic mass is 16.6. The smallest absolute Gasteiger partial charge is 0.350 e. The van der Waals surface area contributed by atoms with E-state index in [1.807, 2.05) is 18.2 Å². The minimum Gasteiger partial charge on any atom is -0.475 e. The molecule has 1 heterocycles. The Bertz CT molecular complexity index is 467. The number of hydrogen-bond acceptors (Lipinski definition) is 4. The van der Waals surface area contributed by atoms with Crippen molar-refractivity contribution >= 4 is 11.5 Å². The molecule has 0 radical (unpaired) electrons. The van der Waals surface area contributed by atoms with E-state index in [1.54, 1.807) is 13.0 Å². The molecule has 4 nitrogen and oxygen atoms in total. The standard InChI is InChI=1S/C14H16O4/c1-4-17-14(15)13-12(16-3)9(2)10-7-5-6-8-11(10)18-13/h5-8,12-13H,2,4H2,1,3H3/t12-,13-/m0/s1. The minimum absolute atomic E-state index is 0.309. The van der Waals surface area contributed by atoms with Crippen LogP contribution in [0.2, 0.25) is 0 Å². The molecule has 0 aliphatic carbocycles. The molecule has 1 aromatic carbocycles. The molecule has 0 spiro atoms. The van der Waals surface area contributed by atoms with Gasteiger partial charge in [0.2, 0.25) is 6.10 Å². The summed E-state index contributed by atoms with van der Waals surface area (Å²) in [6, 6.07) is 7.44. The molecule has 1 aromatic rings. The van der Waals surface area contributed by atoms with E-state index in [2.05, 4.69) is 6.58 Å². The fraction of sp³-hybridized carbons (Fsp3) is 0.357. The van der Waals surface area contributed by atoms with Crippen LogP contribution >= 0.6 is 0 Å². The van der Waals surface area contributed by atoms with Crippen LogP contribution in [0.5, 0.6) is 5.75 Å². The van der Waals surface area contributed by atoms with Crippen LogP contribution in [0.1, 0.15) is 12.5 Å². The number of esters is 1. The highest BCUT2D eigenvalue weighted by Crippen LogP contribution is 2.36. The highest BCUT2D eigenvalue weighted by Gasteiger charge is 2.39. The van der Waals surface area contributed by atoms with Crippen molar-refractivity contribution in [1.82, 2.24) is 0 Å². The fourth-order valence-electron chi connectivity index (χ4n) is 2.03. The van der Waals surface area contributed by atoms with Crippen molar-refractivity contribution < 1.29 is 19.0 Å². The average molecular weight is 248 g/mol. The largest absolute Gasteiger partial charge is 0.475 e. The molecule has 0 fully saturated rings. The first-order chi connectivity index (χ1) is 8.69. The fourth-order valence-corrected chi connectivity index (χ4v) is 2.03. The molecule has 0 saturated heterocycles. The molecular weight excluding hydrogens is 232 g/mol. The Hall–Kier alpha value is -1.81. The summed E-state index contributed by atoms with van der Waals surface area (Å²) in [5.41, 5.74) is 1.60. The Labute approximate surface area is 106 Å². The Kier molecular flexibility index (Phi) is 3.67. The lowest BCUT2D eigenvalue weighted by atomic mass is 9.94. The number of para-hydroxylation sites is 1. The van der Waals surface area contributed by atoms with Crippen LogP contribution in [-0.4, -0.2) is 31.9 Å². The monoisotopic (exact) mass is 248 g/mol. The molecule has 4 heteroatoms. The van der Waals surface area contributed by atoms with Crippen LogP contribution in [0.15, 0.2) is 30.8 Å². The molecule has 0 bridgehead atoms. The lowest BCUT2D eigenvalue weighted by Crippen LogP contribution is -2.44. The predicted octanol–water partition coefficient (Wildman–Crippen LogP) is 2.04. The second kappa shape index (κ2) is 5.23. The van der Waals surface area contributed by atoms with E-state index in [0.717, 1.165) is 11.1 Å². The summed E-state index contributed by atoms with van der Waals surface area (Å²) >= 11 is 0. The maximum atomic E-state index is 11.9. The van der Waals surface area contributed by atoms with Gasteiger partial charge in [-0.2, -0.15) is 0 Å². The summed E-state index contributed by atoms with van der Waals surface area (Å²) in [4.78, 5) is 11.9. The number of benzene rings is 1. The van der Waals surface area contributed by atoms with E-state index in [1.165, 1.54) is 7.11 Å². The molecule has 2 rings (SSSR count). The second-order valence-electron chi connectivity index (χ2n) is 3.97. The molecule has 1 aliphatic heterocycles. The summed E-state index contributed by atoms with van der Waals surface area (Å²) in [5.74, 6) is 0.203. The summed E-state index contributed by atoms with van der Waals surface area (Å²) in [5, 5.41) is 0. The topological polar surface area (TPSA) is 44.8 Å². The molecule has 0 unspecified atom stereocenters. The van der Waals surface area contributed by atoms with Crippen molar-refractivity contribution in [2.75, 3.05) is 13.7 Å². The number of methoxy groups -OCH3 is 1. The zero-order valence-corrected chi connectivity index (χ0v) is 10.5. The summed E-state index contributed by atoms with van der Waals surface area (Å²) in [7, 11) is 1.53. The van der Waals surface area contributed by atoms with Crippen LogP contribution < -0.4 is 4.74 Å². The van der Waals surface area contributed by atoms with E-state index in [4.69, 9.17) is 14.2 Å². The Morgan fingerprint density at radius 1 is 1.44 bits per heavy atom. The molecule has 2 atom stereocenters. The van der Waals surface area contributed by atoms with Gasteiger partial charge >= 0.3 is 5.97 Å². The summed E-state index contributed by atoms with van der Waals surface area (Å²) in [6.45, 7) is 6.05. The molecule has 1 aliphatic rings. The van der Waals surface area contributed by atoms with E-state index < -0.39 is 18.2 Å². The van der Waals surface area contributed by atoms with Gasteiger partial charge in [-0.1, -0.05) is 24.8 Å². The van der Waals surface area contributed by atoms with Crippen LogP contribution in [-0.2, 0) is 14.3 Å². The predicted molar refractivity (Wildman–Crippen MR) is 67.3 cm³/mol. The second-order valence-corrected chi connectivity index (χ2v) is 3.97. The van der Waals surface area contributed by atoms with Gasteiger partial charge in [0.25, 0.3) is 0 Å². The van der Waals surface area contributed by atoms with Crippen molar-refractivity contribution in [3.8, 4) is 5.75 Å². The summed E-state index contributed by atoms with van der Waals surface area (Å²) in [6.07, 6.45) is -1.31. The maximum Gasteiger partial charge on any atom is 0.350 e. The zero-order valence-electron chi connectivity index (χ0n) is 10.5. The van der Waals surface area contributed by atoms with Gasteiger partial charge in [0.15, 0.2) is 0 Å². The molecule has 96 valence electrons. The Morgan fingerprint density at radius 3 is 2.83 bits per heavy atom. The van der Waals surface area contributed by atoms with E-state index in [-0.39, 0.29) is 0 Å². The zero-order chi connectivity index (χ0) is 13.1. The number of carbonyl (C=O) groups is 1. The number of ether oxygens (including phenoxy) is 3. The lowest BCUT2D eigenvalue weighted by molar-refractivity contribution is -0.156. The normalized spacial score (nSPS) is 22.0. The van der Waals surface area contributed by atoms with Gasteiger partial charge < -0.3 is 14.2 Å². The van der Waals surface area contributed by atoms with Gasteiger partial charge in [0, 0.05) is 12.7 Å². The van der Waals surface area contributed by atoms with Crippen molar-refractivity contribution in [2.45, 2.75) is 19.1 Å². The van der Waals surface area contributed by atoms with Crippen molar-refractivity contribution in [3.05, 3.63) is 36.4 Å². The third kappa shape index (κ3) is 2.11. The molecular formula is C14H16O4. The first-order valence-corrected chi connectivity index (χ1v) is 5.83. The number of carbonyl (C=O) groups excluding carboxylic acids is 1. The lowest BCUT2D eigenvalue weighted by Gasteiger charge is -2.32. The first kappa shape index (κ1) is 12.6. The molecule has 0 saturated carbocycles. The van der Waals surface area contributed by atoms with Gasteiger partial charge in [-0.25, -0.2) is 4.79 Å². The van der Waals surface area contributed by atoms with Crippen molar-refractivity contribution in [3.63, 3.8) is 0 Å². The van der Waals surface area contributed by atoms with Crippen LogP contribution in [0.4, 0.5) is 0 Å². The number of rotatable bonds is 3. The van der Waals surface area contributed by atoms with Gasteiger partial charge in [-0.05, 0) is 18.6 Å². The average Bonchev–Trinajstić information content (AvgIpc) is 2.39. The number of fused-ring (bicyclic) bond motifs is 1. The van der Waals surface area contributed by atoms with Crippen LogP contribution in [0, 0.1) is 0 Å². The molecule has 0 aromatic heterocycles. The van der Waals surface area contributed by atoms with Crippen molar-refractivity contribution in [2.24, 2.45) is 0 Å². The van der Waals surface area contributed by atoms with Gasteiger partial charge in [-0.3, -0.25) is 0 Å². The van der Waals surface area contributed by atoms with Crippen LogP contribution in [0.3, 0.4) is 0 Å². The Morgan fingerprint density at radius 2 is 2.17 bits per heavy atom. The van der Waals surface area contributed by atoms with E-state index in [0.29, 0.717) is 12.4 Å². The van der Waals surface area contributed by atoms with Crippen molar-refractivity contribution in [1.29, 1.82) is 0 Å². The van der Waals surface area contributed by atoms with Crippen LogP contribution in [0.25, 0.3) is 5.57 Å².